The molecule has 0 bridgehead atoms. The molecule has 2 aromatic rings. The van der Waals surface area contributed by atoms with Crippen LogP contribution in [0.3, 0.4) is 0 Å². The maximum Gasteiger partial charge on any atom is 0.250 e. The average molecular weight is 233 g/mol. The number of halogens is 1. The van der Waals surface area contributed by atoms with E-state index < -0.39 is 5.82 Å². The summed E-state index contributed by atoms with van der Waals surface area (Å²) in [6.45, 7) is 0.197. The molecule has 0 spiro atoms. The van der Waals surface area contributed by atoms with E-state index in [9.17, 15) is 9.18 Å². The number of benzene rings is 1. The molecule has 0 fully saturated rings. The average Bonchev–Trinajstić information content (AvgIpc) is 2.34. The van der Waals surface area contributed by atoms with Crippen molar-refractivity contribution < 1.29 is 9.13 Å². The van der Waals surface area contributed by atoms with E-state index in [0.717, 1.165) is 0 Å². The Labute approximate surface area is 98.1 Å². The van der Waals surface area contributed by atoms with Crippen molar-refractivity contribution in [2.24, 2.45) is 0 Å². The van der Waals surface area contributed by atoms with Crippen LogP contribution in [0.15, 0.2) is 47.4 Å². The molecule has 88 valence electrons. The molecule has 0 unspecified atom stereocenters. The van der Waals surface area contributed by atoms with E-state index in [1.54, 1.807) is 36.5 Å². The van der Waals surface area contributed by atoms with Gasteiger partial charge in [-0.3, -0.25) is 4.79 Å². The van der Waals surface area contributed by atoms with Crippen LogP contribution in [0.4, 0.5) is 4.39 Å². The lowest BCUT2D eigenvalue weighted by Gasteiger charge is -2.08. The molecule has 17 heavy (non-hydrogen) atoms. The number of hydrogen-bond donors (Lipinski definition) is 0. The highest BCUT2D eigenvalue weighted by Crippen LogP contribution is 2.20. The van der Waals surface area contributed by atoms with Crippen LogP contribution in [0.1, 0.15) is 5.56 Å². The highest BCUT2D eigenvalue weighted by atomic mass is 19.1. The summed E-state index contributed by atoms with van der Waals surface area (Å²) >= 11 is 0. The summed E-state index contributed by atoms with van der Waals surface area (Å²) in [5.74, 6) is -0.239. The van der Waals surface area contributed by atoms with Gasteiger partial charge < -0.3 is 9.30 Å². The van der Waals surface area contributed by atoms with E-state index in [1.807, 2.05) is 0 Å². The van der Waals surface area contributed by atoms with E-state index in [0.29, 0.717) is 5.56 Å². The molecule has 0 aliphatic carbocycles. The molecule has 0 saturated carbocycles. The maximum absolute atomic E-state index is 13.8. The third-order valence-electron chi connectivity index (χ3n) is 2.50. The number of hydrogen-bond acceptors (Lipinski definition) is 2. The summed E-state index contributed by atoms with van der Waals surface area (Å²) in [5.41, 5.74) is 0.271. The van der Waals surface area contributed by atoms with Gasteiger partial charge in [-0.05, 0) is 12.1 Å². The molecule has 2 rings (SSSR count). The zero-order valence-corrected chi connectivity index (χ0v) is 9.39. The molecule has 1 aromatic heterocycles. The minimum absolute atomic E-state index is 0.158. The van der Waals surface area contributed by atoms with Crippen LogP contribution in [-0.4, -0.2) is 11.7 Å². The third-order valence-corrected chi connectivity index (χ3v) is 2.50. The van der Waals surface area contributed by atoms with Crippen molar-refractivity contribution in [1.82, 2.24) is 4.57 Å². The minimum atomic E-state index is -0.425. The van der Waals surface area contributed by atoms with Gasteiger partial charge in [0, 0.05) is 17.8 Å². The summed E-state index contributed by atoms with van der Waals surface area (Å²) in [6.07, 6.45) is 1.63. The first kappa shape index (κ1) is 11.4. The SMILES string of the molecule is COc1cccc(Cn2ccccc2=O)c1F. The van der Waals surface area contributed by atoms with Crippen molar-refractivity contribution in [3.8, 4) is 5.75 Å². The number of ether oxygens (including phenoxy) is 1. The molecular weight excluding hydrogens is 221 g/mol. The Morgan fingerprint density at radius 3 is 2.76 bits per heavy atom. The number of aromatic nitrogens is 1. The molecule has 0 radical (unpaired) electrons. The zero-order chi connectivity index (χ0) is 12.3. The fraction of sp³-hybridized carbons (Fsp3) is 0.154. The van der Waals surface area contributed by atoms with Crippen molar-refractivity contribution in [3.63, 3.8) is 0 Å². The van der Waals surface area contributed by atoms with Crippen LogP contribution in [0.2, 0.25) is 0 Å². The molecule has 3 nitrogen and oxygen atoms in total. The molecule has 0 N–H and O–H groups in total. The van der Waals surface area contributed by atoms with Crippen molar-refractivity contribution in [2.45, 2.75) is 6.54 Å². The lowest BCUT2D eigenvalue weighted by atomic mass is 10.2. The Kier molecular flexibility index (Phi) is 3.23. The summed E-state index contributed by atoms with van der Waals surface area (Å²) in [7, 11) is 1.41. The predicted octanol–water partition coefficient (Wildman–Crippen LogP) is 2.04. The number of pyridine rings is 1. The summed E-state index contributed by atoms with van der Waals surface area (Å²) in [5, 5.41) is 0. The van der Waals surface area contributed by atoms with Crippen LogP contribution in [0, 0.1) is 5.82 Å². The van der Waals surface area contributed by atoms with Gasteiger partial charge in [0.1, 0.15) is 0 Å². The van der Waals surface area contributed by atoms with Crippen molar-refractivity contribution >= 4 is 0 Å². The van der Waals surface area contributed by atoms with Gasteiger partial charge in [-0.1, -0.05) is 18.2 Å². The van der Waals surface area contributed by atoms with Crippen LogP contribution >= 0.6 is 0 Å². The van der Waals surface area contributed by atoms with Crippen LogP contribution in [-0.2, 0) is 6.54 Å². The van der Waals surface area contributed by atoms with Crippen molar-refractivity contribution in [3.05, 3.63) is 64.3 Å². The second-order valence-corrected chi connectivity index (χ2v) is 3.60. The van der Waals surface area contributed by atoms with E-state index in [4.69, 9.17) is 4.74 Å². The molecule has 1 aromatic carbocycles. The zero-order valence-electron chi connectivity index (χ0n) is 9.39. The van der Waals surface area contributed by atoms with E-state index in [1.165, 1.54) is 17.7 Å². The smallest absolute Gasteiger partial charge is 0.250 e. The first-order valence-electron chi connectivity index (χ1n) is 5.19. The first-order chi connectivity index (χ1) is 8.22. The second kappa shape index (κ2) is 4.82. The van der Waals surface area contributed by atoms with Gasteiger partial charge in [-0.15, -0.1) is 0 Å². The van der Waals surface area contributed by atoms with E-state index in [2.05, 4.69) is 0 Å². The summed E-state index contributed by atoms with van der Waals surface area (Å²) in [6, 6.07) is 9.72. The van der Waals surface area contributed by atoms with Crippen LogP contribution in [0.5, 0.6) is 5.75 Å². The number of methoxy groups -OCH3 is 1. The van der Waals surface area contributed by atoms with Crippen molar-refractivity contribution in [1.29, 1.82) is 0 Å². The minimum Gasteiger partial charge on any atom is -0.494 e. The molecule has 0 atom stereocenters. The molecule has 1 heterocycles. The second-order valence-electron chi connectivity index (χ2n) is 3.60. The molecule has 4 heteroatoms. The monoisotopic (exact) mass is 233 g/mol. The molecule has 0 amide bonds. The van der Waals surface area contributed by atoms with Gasteiger partial charge in [0.15, 0.2) is 11.6 Å². The van der Waals surface area contributed by atoms with E-state index >= 15 is 0 Å². The normalized spacial score (nSPS) is 10.2. The Bertz CT molecular complexity index is 578. The summed E-state index contributed by atoms with van der Waals surface area (Å²) in [4.78, 5) is 11.5. The molecule has 0 aliphatic heterocycles. The van der Waals surface area contributed by atoms with Gasteiger partial charge in [0.25, 0.3) is 5.56 Å². The Morgan fingerprint density at radius 1 is 1.24 bits per heavy atom. The van der Waals surface area contributed by atoms with Crippen LogP contribution in [0.25, 0.3) is 0 Å². The van der Waals surface area contributed by atoms with Gasteiger partial charge in [0.05, 0.1) is 13.7 Å². The topological polar surface area (TPSA) is 31.2 Å². The van der Waals surface area contributed by atoms with Crippen molar-refractivity contribution in [2.75, 3.05) is 7.11 Å². The van der Waals surface area contributed by atoms with Gasteiger partial charge in [0.2, 0.25) is 0 Å². The fourth-order valence-electron chi connectivity index (χ4n) is 1.61. The Balaban J connectivity index is 2.37. The van der Waals surface area contributed by atoms with Gasteiger partial charge in [-0.2, -0.15) is 0 Å². The quantitative estimate of drug-likeness (QED) is 0.812. The highest BCUT2D eigenvalue weighted by molar-refractivity contribution is 5.31. The predicted molar refractivity (Wildman–Crippen MR) is 62.8 cm³/mol. The van der Waals surface area contributed by atoms with Gasteiger partial charge in [-0.25, -0.2) is 4.39 Å². The summed E-state index contributed by atoms with van der Waals surface area (Å²) < 4.78 is 20.2. The molecule has 0 saturated heterocycles. The third kappa shape index (κ3) is 2.36. The Morgan fingerprint density at radius 2 is 2.06 bits per heavy atom. The molecular formula is C13H12FNO2. The van der Waals surface area contributed by atoms with Crippen LogP contribution < -0.4 is 10.3 Å². The Hall–Kier alpha value is -2.10. The highest BCUT2D eigenvalue weighted by Gasteiger charge is 2.08. The van der Waals surface area contributed by atoms with Gasteiger partial charge >= 0.3 is 0 Å². The standard InChI is InChI=1S/C13H12FNO2/c1-17-11-6-4-5-10(13(11)14)9-15-8-3-2-7-12(15)16/h2-8H,9H2,1H3. The van der Waals surface area contributed by atoms with E-state index in [-0.39, 0.29) is 17.9 Å². The first-order valence-corrected chi connectivity index (χ1v) is 5.19. The molecule has 0 aliphatic rings. The fourth-order valence-corrected chi connectivity index (χ4v) is 1.61. The maximum atomic E-state index is 13.8. The largest absolute Gasteiger partial charge is 0.494 e. The lowest BCUT2D eigenvalue weighted by Crippen LogP contribution is -2.18. The number of nitrogens with zero attached hydrogens (tertiary/aromatic N) is 1. The lowest BCUT2D eigenvalue weighted by molar-refractivity contribution is 0.383. The number of rotatable bonds is 3.